The highest BCUT2D eigenvalue weighted by Crippen LogP contribution is 2.21. The molecule has 3 aromatic rings. The number of rotatable bonds is 8. The average Bonchev–Trinajstić information content (AvgIpc) is 2.68. The lowest BCUT2D eigenvalue weighted by molar-refractivity contribution is 0.292. The van der Waals surface area contributed by atoms with Crippen molar-refractivity contribution in [1.29, 1.82) is 0 Å². The largest absolute Gasteiger partial charge is 0.396 e. The second-order valence-electron chi connectivity index (χ2n) is 5.99. The summed E-state index contributed by atoms with van der Waals surface area (Å²) < 4.78 is 0. The van der Waals surface area contributed by atoms with Gasteiger partial charge >= 0.3 is 0 Å². The van der Waals surface area contributed by atoms with Gasteiger partial charge in [-0.1, -0.05) is 24.3 Å². The third-order valence-corrected chi connectivity index (χ3v) is 4.02. The Kier molecular flexibility index (Phi) is 6.11. The van der Waals surface area contributed by atoms with Crippen LogP contribution in [0.2, 0.25) is 0 Å². The minimum Gasteiger partial charge on any atom is -0.396 e. The van der Waals surface area contributed by atoms with Crippen LogP contribution in [0.25, 0.3) is 11.3 Å². The summed E-state index contributed by atoms with van der Waals surface area (Å²) in [4.78, 5) is 13.3. The Morgan fingerprint density at radius 3 is 2.69 bits per heavy atom. The molecule has 2 heterocycles. The van der Waals surface area contributed by atoms with Gasteiger partial charge in [0.25, 0.3) is 0 Å². The zero-order chi connectivity index (χ0) is 18.2. The van der Waals surface area contributed by atoms with Crippen LogP contribution < -0.4 is 10.6 Å². The first-order chi connectivity index (χ1) is 12.8. The molecule has 2 aromatic heterocycles. The molecule has 0 fully saturated rings. The topological polar surface area (TPSA) is 83.0 Å². The van der Waals surface area contributed by atoms with E-state index >= 15 is 0 Å². The molecule has 0 spiro atoms. The molecule has 0 aliphatic heterocycles. The molecule has 0 saturated carbocycles. The van der Waals surface area contributed by atoms with E-state index in [2.05, 4.69) is 44.6 Å². The van der Waals surface area contributed by atoms with Gasteiger partial charge in [0.15, 0.2) is 0 Å². The molecule has 0 amide bonds. The van der Waals surface area contributed by atoms with Crippen LogP contribution in [0.15, 0.2) is 54.9 Å². The van der Waals surface area contributed by atoms with Crippen molar-refractivity contribution in [2.45, 2.75) is 19.9 Å². The molecule has 3 N–H and O–H groups in total. The monoisotopic (exact) mass is 349 g/mol. The molecule has 0 aliphatic carbocycles. The summed E-state index contributed by atoms with van der Waals surface area (Å²) in [5, 5.41) is 15.5. The van der Waals surface area contributed by atoms with Crippen molar-refractivity contribution >= 4 is 11.8 Å². The van der Waals surface area contributed by atoms with Gasteiger partial charge in [0.1, 0.15) is 5.82 Å². The first kappa shape index (κ1) is 17.8. The van der Waals surface area contributed by atoms with Gasteiger partial charge in [-0.15, -0.1) is 0 Å². The summed E-state index contributed by atoms with van der Waals surface area (Å²) in [6.07, 6.45) is 4.17. The summed E-state index contributed by atoms with van der Waals surface area (Å²) in [7, 11) is 0. The molecule has 0 aliphatic rings. The lowest BCUT2D eigenvalue weighted by atomic mass is 10.1. The number of hydrogen-bond acceptors (Lipinski definition) is 6. The van der Waals surface area contributed by atoms with Gasteiger partial charge in [-0.25, -0.2) is 4.98 Å². The summed E-state index contributed by atoms with van der Waals surface area (Å²) in [5.74, 6) is 1.28. The summed E-state index contributed by atoms with van der Waals surface area (Å²) in [5.41, 5.74) is 4.19. The molecular weight excluding hydrogens is 326 g/mol. The van der Waals surface area contributed by atoms with Crippen molar-refractivity contribution in [3.8, 4) is 11.3 Å². The lowest BCUT2D eigenvalue weighted by Crippen LogP contribution is -2.10. The van der Waals surface area contributed by atoms with E-state index < -0.39 is 0 Å². The van der Waals surface area contributed by atoms with E-state index in [1.165, 1.54) is 11.1 Å². The van der Waals surface area contributed by atoms with E-state index in [0.29, 0.717) is 25.5 Å². The Morgan fingerprint density at radius 2 is 1.92 bits per heavy atom. The van der Waals surface area contributed by atoms with Gasteiger partial charge in [-0.05, 0) is 36.6 Å². The Labute approximate surface area is 153 Å². The van der Waals surface area contributed by atoms with E-state index in [-0.39, 0.29) is 6.61 Å². The second kappa shape index (κ2) is 8.92. The molecule has 0 atom stereocenters. The number of hydrogen-bond donors (Lipinski definition) is 3. The number of benzene rings is 1. The Balaban J connectivity index is 1.83. The number of pyridine rings is 1. The van der Waals surface area contributed by atoms with Crippen molar-refractivity contribution in [2.24, 2.45) is 0 Å². The fourth-order valence-electron chi connectivity index (χ4n) is 2.55. The van der Waals surface area contributed by atoms with Gasteiger partial charge in [-0.2, -0.15) is 4.98 Å². The van der Waals surface area contributed by atoms with Gasteiger partial charge in [-0.3, -0.25) is 4.98 Å². The zero-order valence-corrected chi connectivity index (χ0v) is 14.8. The normalized spacial score (nSPS) is 10.5. The Bertz CT molecular complexity index is 839. The maximum absolute atomic E-state index is 8.97. The first-order valence-corrected chi connectivity index (χ1v) is 8.69. The van der Waals surface area contributed by atoms with Crippen LogP contribution in [0, 0.1) is 6.92 Å². The number of aliphatic hydroxyl groups excluding tert-OH is 1. The van der Waals surface area contributed by atoms with Gasteiger partial charge < -0.3 is 15.7 Å². The Hall–Kier alpha value is -2.99. The summed E-state index contributed by atoms with van der Waals surface area (Å²) in [6, 6.07) is 14.0. The summed E-state index contributed by atoms with van der Waals surface area (Å²) >= 11 is 0. The summed E-state index contributed by atoms with van der Waals surface area (Å²) in [6.45, 7) is 3.53. The van der Waals surface area contributed by atoms with Crippen molar-refractivity contribution in [1.82, 2.24) is 15.0 Å². The van der Waals surface area contributed by atoms with Gasteiger partial charge in [0.2, 0.25) is 5.95 Å². The number of nitrogens with zero attached hydrogens (tertiary/aromatic N) is 3. The number of aryl methyl sites for hydroxylation is 1. The third-order valence-electron chi connectivity index (χ3n) is 4.02. The van der Waals surface area contributed by atoms with Gasteiger partial charge in [0, 0.05) is 43.7 Å². The molecule has 0 bridgehead atoms. The average molecular weight is 349 g/mol. The van der Waals surface area contributed by atoms with E-state index in [1.54, 1.807) is 12.4 Å². The minimum atomic E-state index is 0.133. The van der Waals surface area contributed by atoms with E-state index in [0.717, 1.165) is 17.1 Å². The van der Waals surface area contributed by atoms with Crippen LogP contribution in [0.5, 0.6) is 0 Å². The second-order valence-corrected chi connectivity index (χ2v) is 5.99. The number of nitrogens with one attached hydrogen (secondary N) is 2. The van der Waals surface area contributed by atoms with E-state index in [4.69, 9.17) is 5.11 Å². The van der Waals surface area contributed by atoms with Crippen molar-refractivity contribution in [3.63, 3.8) is 0 Å². The highest BCUT2D eigenvalue weighted by atomic mass is 16.3. The van der Waals surface area contributed by atoms with E-state index in [9.17, 15) is 0 Å². The maximum Gasteiger partial charge on any atom is 0.225 e. The molecule has 6 heteroatoms. The molecule has 134 valence electrons. The maximum atomic E-state index is 8.97. The first-order valence-electron chi connectivity index (χ1n) is 8.69. The van der Waals surface area contributed by atoms with Crippen molar-refractivity contribution < 1.29 is 5.11 Å². The van der Waals surface area contributed by atoms with Crippen LogP contribution in [0.1, 0.15) is 17.5 Å². The van der Waals surface area contributed by atoms with Crippen molar-refractivity contribution in [2.75, 3.05) is 23.8 Å². The van der Waals surface area contributed by atoms with Crippen LogP contribution in [0.4, 0.5) is 11.8 Å². The fraction of sp³-hybridized carbons (Fsp3) is 0.250. The van der Waals surface area contributed by atoms with Crippen molar-refractivity contribution in [3.05, 3.63) is 66.0 Å². The Morgan fingerprint density at radius 1 is 1.04 bits per heavy atom. The van der Waals surface area contributed by atoms with Crippen LogP contribution in [-0.2, 0) is 6.54 Å². The van der Waals surface area contributed by atoms with Crippen LogP contribution in [-0.4, -0.2) is 33.2 Å². The third kappa shape index (κ3) is 4.77. The SMILES string of the molecule is Cc1ccccc1CNc1cc(-c2cccnc2)nc(NCCCO)n1. The van der Waals surface area contributed by atoms with Crippen LogP contribution >= 0.6 is 0 Å². The van der Waals surface area contributed by atoms with Gasteiger partial charge in [0.05, 0.1) is 5.69 Å². The number of aromatic nitrogens is 3. The lowest BCUT2D eigenvalue weighted by Gasteiger charge is -2.12. The van der Waals surface area contributed by atoms with E-state index in [1.807, 2.05) is 30.3 Å². The molecule has 3 rings (SSSR count). The minimum absolute atomic E-state index is 0.133. The highest BCUT2D eigenvalue weighted by molar-refractivity contribution is 5.63. The number of anilines is 2. The number of aliphatic hydroxyl groups is 1. The standard InChI is InChI=1S/C20H23N5O/c1-15-6-2-3-7-16(15)14-23-19-12-18(17-8-4-9-21-13-17)24-20(25-19)22-10-5-11-26/h2-4,6-9,12-13,26H,5,10-11,14H2,1H3,(H2,22,23,24,25). The fourth-order valence-corrected chi connectivity index (χ4v) is 2.55. The van der Waals surface area contributed by atoms with Crippen LogP contribution in [0.3, 0.4) is 0 Å². The quantitative estimate of drug-likeness (QED) is 0.542. The molecule has 0 radical (unpaired) electrons. The molecular formula is C20H23N5O. The molecule has 6 nitrogen and oxygen atoms in total. The smallest absolute Gasteiger partial charge is 0.225 e. The highest BCUT2D eigenvalue weighted by Gasteiger charge is 2.07. The molecule has 0 saturated heterocycles. The predicted octanol–water partition coefficient (Wildman–Crippen LogP) is 3.25. The zero-order valence-electron chi connectivity index (χ0n) is 14.8. The molecule has 0 unspecified atom stereocenters. The molecule has 1 aromatic carbocycles. The molecule has 26 heavy (non-hydrogen) atoms. The predicted molar refractivity (Wildman–Crippen MR) is 104 cm³/mol.